The Balaban J connectivity index is 2.07. The van der Waals surface area contributed by atoms with Crippen LogP contribution in [0.3, 0.4) is 0 Å². The van der Waals surface area contributed by atoms with Crippen molar-refractivity contribution >= 4 is 11.9 Å². The number of piperidine rings is 1. The fraction of sp³-hybridized carbons (Fsp3) is 0.571. The van der Waals surface area contributed by atoms with Gasteiger partial charge in [0.05, 0.1) is 12.5 Å². The molecule has 0 aliphatic carbocycles. The molecular formula is C14H20N2O4. The number of aromatic nitrogens is 1. The van der Waals surface area contributed by atoms with Crippen molar-refractivity contribution in [3.05, 3.63) is 24.0 Å². The highest BCUT2D eigenvalue weighted by Gasteiger charge is 2.29. The smallest absolute Gasteiger partial charge is 0.308 e. The lowest BCUT2D eigenvalue weighted by Gasteiger charge is -2.31. The molecule has 0 saturated carbocycles. The Morgan fingerprint density at radius 1 is 1.50 bits per heavy atom. The number of carboxylic acids is 1. The van der Waals surface area contributed by atoms with Gasteiger partial charge in [-0.15, -0.1) is 0 Å². The van der Waals surface area contributed by atoms with Gasteiger partial charge in [0.2, 0.25) is 0 Å². The van der Waals surface area contributed by atoms with Gasteiger partial charge in [0.15, 0.2) is 0 Å². The van der Waals surface area contributed by atoms with Gasteiger partial charge < -0.3 is 19.3 Å². The molecule has 0 unspecified atom stereocenters. The van der Waals surface area contributed by atoms with Crippen molar-refractivity contribution in [3.63, 3.8) is 0 Å². The van der Waals surface area contributed by atoms with Crippen molar-refractivity contribution < 1.29 is 19.4 Å². The first-order valence-electron chi connectivity index (χ1n) is 6.79. The van der Waals surface area contributed by atoms with E-state index >= 15 is 0 Å². The van der Waals surface area contributed by atoms with E-state index in [0.29, 0.717) is 38.4 Å². The van der Waals surface area contributed by atoms with E-state index in [1.807, 2.05) is 16.8 Å². The summed E-state index contributed by atoms with van der Waals surface area (Å²) in [5.74, 6) is -1.37. The molecule has 2 heterocycles. The molecule has 1 N–H and O–H groups in total. The highest BCUT2D eigenvalue weighted by atomic mass is 16.5. The van der Waals surface area contributed by atoms with Gasteiger partial charge in [-0.1, -0.05) is 0 Å². The minimum absolute atomic E-state index is 0.1000. The monoisotopic (exact) mass is 280 g/mol. The molecule has 0 radical (unpaired) electrons. The van der Waals surface area contributed by atoms with Gasteiger partial charge in [-0.2, -0.15) is 0 Å². The second-order valence-electron chi connectivity index (χ2n) is 5.01. The van der Waals surface area contributed by atoms with Gasteiger partial charge >= 0.3 is 5.97 Å². The molecule has 1 atom stereocenters. The van der Waals surface area contributed by atoms with Crippen LogP contribution in [0.1, 0.15) is 23.3 Å². The Hall–Kier alpha value is -1.82. The van der Waals surface area contributed by atoms with Gasteiger partial charge in [-0.05, 0) is 25.0 Å². The van der Waals surface area contributed by atoms with Crippen LogP contribution in [0.15, 0.2) is 18.3 Å². The third kappa shape index (κ3) is 3.19. The summed E-state index contributed by atoms with van der Waals surface area (Å²) in [5, 5.41) is 9.08. The summed E-state index contributed by atoms with van der Waals surface area (Å²) >= 11 is 0. The van der Waals surface area contributed by atoms with Crippen molar-refractivity contribution in [2.45, 2.75) is 19.4 Å². The predicted octanol–water partition coefficient (Wildman–Crippen LogP) is 1.07. The number of amides is 1. The summed E-state index contributed by atoms with van der Waals surface area (Å²) < 4.78 is 6.86. The number of hydrogen-bond donors (Lipinski definition) is 1. The fourth-order valence-corrected chi connectivity index (χ4v) is 2.52. The molecule has 1 aromatic heterocycles. The molecule has 1 fully saturated rings. The lowest BCUT2D eigenvalue weighted by Crippen LogP contribution is -2.43. The molecule has 0 spiro atoms. The Morgan fingerprint density at radius 3 is 3.00 bits per heavy atom. The predicted molar refractivity (Wildman–Crippen MR) is 72.6 cm³/mol. The minimum atomic E-state index is -0.822. The number of carboxylic acid groups (broad SMARTS) is 1. The number of carbonyl (C=O) groups is 2. The zero-order valence-electron chi connectivity index (χ0n) is 11.6. The number of carbonyl (C=O) groups excluding carboxylic acids is 1. The van der Waals surface area contributed by atoms with Crippen LogP contribution in [-0.4, -0.2) is 53.3 Å². The van der Waals surface area contributed by atoms with Gasteiger partial charge in [0, 0.05) is 32.9 Å². The van der Waals surface area contributed by atoms with Gasteiger partial charge in [-0.3, -0.25) is 9.59 Å². The fourth-order valence-electron chi connectivity index (χ4n) is 2.52. The average molecular weight is 280 g/mol. The molecule has 6 nitrogen and oxygen atoms in total. The second kappa shape index (κ2) is 6.56. The maximum atomic E-state index is 12.5. The lowest BCUT2D eigenvalue weighted by atomic mass is 9.98. The zero-order valence-corrected chi connectivity index (χ0v) is 11.6. The number of nitrogens with zero attached hydrogens (tertiary/aromatic N) is 2. The SMILES string of the molecule is COCCn1cccc1C(=O)N1CCC[C@@H](C(=O)O)C1. The van der Waals surface area contributed by atoms with Crippen LogP contribution in [0.5, 0.6) is 0 Å². The van der Waals surface area contributed by atoms with E-state index < -0.39 is 11.9 Å². The minimum Gasteiger partial charge on any atom is -0.481 e. The first-order valence-corrected chi connectivity index (χ1v) is 6.79. The molecule has 0 aromatic carbocycles. The highest BCUT2D eigenvalue weighted by Crippen LogP contribution is 2.19. The molecule has 0 bridgehead atoms. The Morgan fingerprint density at radius 2 is 2.30 bits per heavy atom. The van der Waals surface area contributed by atoms with E-state index in [2.05, 4.69) is 0 Å². The molecule has 2 rings (SSSR count). The summed E-state index contributed by atoms with van der Waals surface area (Å²) in [6, 6.07) is 3.59. The van der Waals surface area contributed by atoms with E-state index in [0.717, 1.165) is 6.42 Å². The largest absolute Gasteiger partial charge is 0.481 e. The molecule has 1 saturated heterocycles. The second-order valence-corrected chi connectivity index (χ2v) is 5.01. The number of rotatable bonds is 5. The van der Waals surface area contributed by atoms with Gasteiger partial charge in [0.25, 0.3) is 5.91 Å². The zero-order chi connectivity index (χ0) is 14.5. The average Bonchev–Trinajstić information content (AvgIpc) is 2.92. The number of methoxy groups -OCH3 is 1. The van der Waals surface area contributed by atoms with Crippen molar-refractivity contribution in [1.29, 1.82) is 0 Å². The molecular weight excluding hydrogens is 260 g/mol. The topological polar surface area (TPSA) is 71.8 Å². The third-order valence-electron chi connectivity index (χ3n) is 3.64. The van der Waals surface area contributed by atoms with Crippen LogP contribution in [0, 0.1) is 5.92 Å². The van der Waals surface area contributed by atoms with Crippen LogP contribution >= 0.6 is 0 Å². The van der Waals surface area contributed by atoms with E-state index in [4.69, 9.17) is 9.84 Å². The highest BCUT2D eigenvalue weighted by molar-refractivity contribution is 5.93. The van der Waals surface area contributed by atoms with Gasteiger partial charge in [0.1, 0.15) is 5.69 Å². The summed E-state index contributed by atoms with van der Waals surface area (Å²) in [5.41, 5.74) is 0.591. The maximum Gasteiger partial charge on any atom is 0.308 e. The first kappa shape index (κ1) is 14.6. The summed E-state index contributed by atoms with van der Waals surface area (Å²) in [6.45, 7) is 2.06. The third-order valence-corrected chi connectivity index (χ3v) is 3.64. The summed E-state index contributed by atoms with van der Waals surface area (Å²) in [4.78, 5) is 25.2. The van der Waals surface area contributed by atoms with Crippen molar-refractivity contribution in [3.8, 4) is 0 Å². The Labute approximate surface area is 117 Å². The molecule has 1 aliphatic rings. The molecule has 20 heavy (non-hydrogen) atoms. The molecule has 1 amide bonds. The van der Waals surface area contributed by atoms with E-state index in [-0.39, 0.29) is 5.91 Å². The lowest BCUT2D eigenvalue weighted by molar-refractivity contribution is -0.143. The Bertz CT molecular complexity index is 483. The van der Waals surface area contributed by atoms with Gasteiger partial charge in [-0.25, -0.2) is 0 Å². The molecule has 1 aliphatic heterocycles. The number of aliphatic carboxylic acids is 1. The number of likely N-dealkylation sites (tertiary alicyclic amines) is 1. The number of ether oxygens (including phenoxy) is 1. The first-order chi connectivity index (χ1) is 9.63. The van der Waals surface area contributed by atoms with Crippen LogP contribution in [-0.2, 0) is 16.1 Å². The van der Waals surface area contributed by atoms with E-state index in [1.54, 1.807) is 18.1 Å². The molecule has 1 aromatic rings. The summed E-state index contributed by atoms with van der Waals surface area (Å²) in [6.07, 6.45) is 3.22. The van der Waals surface area contributed by atoms with Crippen LogP contribution in [0.4, 0.5) is 0 Å². The van der Waals surface area contributed by atoms with Crippen LogP contribution in [0.25, 0.3) is 0 Å². The van der Waals surface area contributed by atoms with Crippen LogP contribution < -0.4 is 0 Å². The van der Waals surface area contributed by atoms with Crippen molar-refractivity contribution in [2.24, 2.45) is 5.92 Å². The Kier molecular flexibility index (Phi) is 4.79. The molecule has 110 valence electrons. The maximum absolute atomic E-state index is 12.5. The molecule has 6 heteroatoms. The van der Waals surface area contributed by atoms with E-state index in [9.17, 15) is 9.59 Å². The normalized spacial score (nSPS) is 19.1. The van der Waals surface area contributed by atoms with Crippen molar-refractivity contribution in [2.75, 3.05) is 26.8 Å². The van der Waals surface area contributed by atoms with Crippen LogP contribution in [0.2, 0.25) is 0 Å². The summed E-state index contributed by atoms with van der Waals surface area (Å²) in [7, 11) is 1.62. The number of hydrogen-bond acceptors (Lipinski definition) is 3. The standard InChI is InChI=1S/C14H20N2O4/c1-20-9-8-15-6-3-5-12(15)13(17)16-7-2-4-11(10-16)14(18)19/h3,5-6,11H,2,4,7-10H2,1H3,(H,18,19)/t11-/m1/s1. The quantitative estimate of drug-likeness (QED) is 0.875. The van der Waals surface area contributed by atoms with Crippen molar-refractivity contribution in [1.82, 2.24) is 9.47 Å². The van der Waals surface area contributed by atoms with E-state index in [1.165, 1.54) is 0 Å².